The van der Waals surface area contributed by atoms with Crippen LogP contribution in [0.3, 0.4) is 0 Å². The number of methoxy groups -OCH3 is 1. The fourth-order valence-electron chi connectivity index (χ4n) is 3.02. The molecule has 2 unspecified atom stereocenters. The number of ether oxygens (including phenoxy) is 2. The number of rotatable bonds is 3. The first-order valence-electron chi connectivity index (χ1n) is 7.36. The van der Waals surface area contributed by atoms with Crippen LogP contribution in [0.4, 0.5) is 0 Å². The third-order valence-corrected chi connectivity index (χ3v) is 5.92. The number of carbonyl (C=O) groups is 1. The number of hydrogen-bond donors (Lipinski definition) is 0. The molecule has 0 N–H and O–H groups in total. The molecule has 0 aromatic rings. The molecule has 122 valence electrons. The van der Waals surface area contributed by atoms with Crippen molar-refractivity contribution in [2.45, 2.75) is 51.4 Å². The van der Waals surface area contributed by atoms with Crippen LogP contribution in [0, 0.1) is 0 Å². The van der Waals surface area contributed by atoms with Gasteiger partial charge in [0.05, 0.1) is 19.3 Å². The van der Waals surface area contributed by atoms with Crippen LogP contribution in [-0.4, -0.2) is 68.0 Å². The molecule has 2 heterocycles. The van der Waals surface area contributed by atoms with Crippen molar-refractivity contribution in [3.8, 4) is 0 Å². The number of esters is 1. The third-order valence-electron chi connectivity index (χ3n) is 3.94. The van der Waals surface area contributed by atoms with E-state index in [0.29, 0.717) is 26.1 Å². The predicted molar refractivity (Wildman–Crippen MR) is 76.9 cm³/mol. The lowest BCUT2D eigenvalue weighted by molar-refractivity contribution is -0.146. The Balaban J connectivity index is 2.21. The Labute approximate surface area is 126 Å². The molecule has 0 aliphatic carbocycles. The average Bonchev–Trinajstić information content (AvgIpc) is 2.45. The van der Waals surface area contributed by atoms with Gasteiger partial charge in [-0.1, -0.05) is 0 Å². The molecule has 7 nitrogen and oxygen atoms in total. The topological polar surface area (TPSA) is 76.2 Å². The number of piperidine rings is 1. The van der Waals surface area contributed by atoms with Gasteiger partial charge in [-0.05, 0) is 33.1 Å². The maximum absolute atomic E-state index is 12.9. The van der Waals surface area contributed by atoms with Gasteiger partial charge in [-0.3, -0.25) is 4.79 Å². The summed E-state index contributed by atoms with van der Waals surface area (Å²) < 4.78 is 38.8. The number of carbonyl (C=O) groups excluding carboxylic acids is 1. The average molecular weight is 320 g/mol. The molecule has 2 aliphatic rings. The van der Waals surface area contributed by atoms with E-state index < -0.39 is 22.2 Å². The van der Waals surface area contributed by atoms with Gasteiger partial charge in [0.2, 0.25) is 0 Å². The second-order valence-corrected chi connectivity index (χ2v) is 7.61. The first-order chi connectivity index (χ1) is 9.86. The molecular formula is C13H24N2O5S. The van der Waals surface area contributed by atoms with Crippen molar-refractivity contribution in [3.63, 3.8) is 0 Å². The van der Waals surface area contributed by atoms with Crippen molar-refractivity contribution in [3.05, 3.63) is 0 Å². The quantitative estimate of drug-likeness (QED) is 0.702. The molecule has 0 aromatic heterocycles. The van der Waals surface area contributed by atoms with E-state index in [1.807, 2.05) is 13.8 Å². The SMILES string of the molecule is COC(=O)[C@H]1CCCCN1S(=O)(=O)N1CC(C)OC(C)C1. The Kier molecular flexibility index (Phi) is 5.24. The lowest BCUT2D eigenvalue weighted by atomic mass is 10.1. The first-order valence-corrected chi connectivity index (χ1v) is 8.76. The summed E-state index contributed by atoms with van der Waals surface area (Å²) in [5, 5.41) is 0. The van der Waals surface area contributed by atoms with Gasteiger partial charge in [0, 0.05) is 19.6 Å². The molecule has 0 aromatic carbocycles. The Morgan fingerprint density at radius 1 is 1.19 bits per heavy atom. The molecule has 2 aliphatic heterocycles. The van der Waals surface area contributed by atoms with E-state index in [0.717, 1.165) is 12.8 Å². The Hall–Kier alpha value is -0.700. The van der Waals surface area contributed by atoms with Crippen LogP contribution in [0.1, 0.15) is 33.1 Å². The van der Waals surface area contributed by atoms with Crippen molar-refractivity contribution in [1.29, 1.82) is 0 Å². The van der Waals surface area contributed by atoms with E-state index >= 15 is 0 Å². The van der Waals surface area contributed by atoms with Crippen LogP contribution in [0.2, 0.25) is 0 Å². The van der Waals surface area contributed by atoms with Crippen LogP contribution in [0.5, 0.6) is 0 Å². The van der Waals surface area contributed by atoms with E-state index in [2.05, 4.69) is 0 Å². The third kappa shape index (κ3) is 3.56. The Bertz CT molecular complexity index is 471. The summed E-state index contributed by atoms with van der Waals surface area (Å²) >= 11 is 0. The fraction of sp³-hybridized carbons (Fsp3) is 0.923. The summed E-state index contributed by atoms with van der Waals surface area (Å²) in [5.41, 5.74) is 0. The summed E-state index contributed by atoms with van der Waals surface area (Å²) in [4.78, 5) is 11.9. The van der Waals surface area contributed by atoms with E-state index in [-0.39, 0.29) is 12.2 Å². The van der Waals surface area contributed by atoms with Gasteiger partial charge in [-0.25, -0.2) is 0 Å². The molecule has 3 atom stereocenters. The van der Waals surface area contributed by atoms with Gasteiger partial charge in [-0.2, -0.15) is 17.0 Å². The van der Waals surface area contributed by atoms with Crippen LogP contribution >= 0.6 is 0 Å². The summed E-state index contributed by atoms with van der Waals surface area (Å²) in [7, 11) is -2.38. The number of hydrogen-bond acceptors (Lipinski definition) is 5. The zero-order valence-electron chi connectivity index (χ0n) is 12.8. The minimum atomic E-state index is -3.67. The van der Waals surface area contributed by atoms with Crippen molar-refractivity contribution >= 4 is 16.2 Å². The summed E-state index contributed by atoms with van der Waals surface area (Å²) in [5.74, 6) is -0.479. The lowest BCUT2D eigenvalue weighted by Gasteiger charge is -2.40. The zero-order valence-corrected chi connectivity index (χ0v) is 13.6. The highest BCUT2D eigenvalue weighted by molar-refractivity contribution is 7.86. The molecule has 0 bridgehead atoms. The second-order valence-electron chi connectivity index (χ2n) is 5.73. The maximum atomic E-state index is 12.9. The zero-order chi connectivity index (χ0) is 15.6. The largest absolute Gasteiger partial charge is 0.468 e. The number of nitrogens with zero attached hydrogens (tertiary/aromatic N) is 2. The Morgan fingerprint density at radius 3 is 2.38 bits per heavy atom. The molecule has 0 amide bonds. The highest BCUT2D eigenvalue weighted by atomic mass is 32.2. The van der Waals surface area contributed by atoms with Gasteiger partial charge < -0.3 is 9.47 Å². The molecule has 2 fully saturated rings. The second kappa shape index (κ2) is 6.60. The molecule has 21 heavy (non-hydrogen) atoms. The number of morpholine rings is 1. The van der Waals surface area contributed by atoms with Gasteiger partial charge in [0.15, 0.2) is 0 Å². The van der Waals surface area contributed by atoms with Gasteiger partial charge in [-0.15, -0.1) is 0 Å². The van der Waals surface area contributed by atoms with Crippen molar-refractivity contribution in [1.82, 2.24) is 8.61 Å². The minimum absolute atomic E-state index is 0.148. The van der Waals surface area contributed by atoms with E-state index in [1.165, 1.54) is 15.7 Å². The molecular weight excluding hydrogens is 296 g/mol. The van der Waals surface area contributed by atoms with Crippen molar-refractivity contribution < 1.29 is 22.7 Å². The smallest absolute Gasteiger partial charge is 0.324 e. The fourth-order valence-corrected chi connectivity index (χ4v) is 4.99. The van der Waals surface area contributed by atoms with E-state index in [9.17, 15) is 13.2 Å². The summed E-state index contributed by atoms with van der Waals surface area (Å²) in [6, 6.07) is -0.706. The molecule has 2 saturated heterocycles. The van der Waals surface area contributed by atoms with Gasteiger partial charge in [0.25, 0.3) is 10.2 Å². The van der Waals surface area contributed by atoms with Gasteiger partial charge in [0.1, 0.15) is 6.04 Å². The van der Waals surface area contributed by atoms with Crippen LogP contribution in [0.25, 0.3) is 0 Å². The van der Waals surface area contributed by atoms with Crippen LogP contribution in [0.15, 0.2) is 0 Å². The summed E-state index contributed by atoms with van der Waals surface area (Å²) in [6.07, 6.45) is 1.82. The van der Waals surface area contributed by atoms with Crippen molar-refractivity contribution in [2.24, 2.45) is 0 Å². The van der Waals surface area contributed by atoms with Crippen LogP contribution in [-0.2, 0) is 24.5 Å². The van der Waals surface area contributed by atoms with E-state index in [4.69, 9.17) is 9.47 Å². The standard InChI is InChI=1S/C13H24N2O5S/c1-10-8-14(9-11(2)20-10)21(17,18)15-7-5-4-6-12(15)13(16)19-3/h10-12H,4-9H2,1-3H3/t10?,11?,12-/m1/s1. The molecule has 8 heteroatoms. The molecule has 2 rings (SSSR count). The summed E-state index contributed by atoms with van der Waals surface area (Å²) in [6.45, 7) is 4.70. The Morgan fingerprint density at radius 2 is 1.81 bits per heavy atom. The normalized spacial score (nSPS) is 32.8. The minimum Gasteiger partial charge on any atom is -0.468 e. The molecule has 0 spiro atoms. The van der Waals surface area contributed by atoms with Gasteiger partial charge >= 0.3 is 5.97 Å². The molecule has 0 radical (unpaired) electrons. The van der Waals surface area contributed by atoms with Crippen LogP contribution < -0.4 is 0 Å². The lowest BCUT2D eigenvalue weighted by Crippen LogP contribution is -2.57. The predicted octanol–water partition coefficient (Wildman–Crippen LogP) is 0.368. The monoisotopic (exact) mass is 320 g/mol. The maximum Gasteiger partial charge on any atom is 0.324 e. The first kappa shape index (κ1) is 16.7. The van der Waals surface area contributed by atoms with E-state index in [1.54, 1.807) is 0 Å². The highest BCUT2D eigenvalue weighted by Crippen LogP contribution is 2.25. The highest BCUT2D eigenvalue weighted by Gasteiger charge is 2.42. The van der Waals surface area contributed by atoms with Crippen molar-refractivity contribution in [2.75, 3.05) is 26.7 Å². The molecule has 0 saturated carbocycles.